The molecule has 0 aromatic carbocycles. The Bertz CT molecular complexity index is 1170. The number of hydrogen-bond acceptors (Lipinski definition) is 9. The molecular formula is C43H74NO10P. The summed E-state index contributed by atoms with van der Waals surface area (Å²) in [5.74, 6) is -2.49. The van der Waals surface area contributed by atoms with E-state index < -0.39 is 51.1 Å². The molecule has 316 valence electrons. The predicted molar refractivity (Wildman–Crippen MR) is 221 cm³/mol. The van der Waals surface area contributed by atoms with Crippen LogP contribution in [0.1, 0.15) is 162 Å². The van der Waals surface area contributed by atoms with Crippen LogP contribution < -0.4 is 5.73 Å². The van der Waals surface area contributed by atoms with Crippen LogP contribution >= 0.6 is 7.82 Å². The first kappa shape index (κ1) is 52.2. The zero-order valence-electron chi connectivity index (χ0n) is 34.0. The number of carbonyl (C=O) groups excluding carboxylic acids is 2. The molecule has 0 amide bonds. The minimum atomic E-state index is -4.73. The number of phosphoric acid groups is 1. The number of unbranched alkanes of at least 4 members (excludes halogenated alkanes) is 14. The van der Waals surface area contributed by atoms with Crippen LogP contribution in [0, 0.1) is 0 Å². The molecule has 0 aliphatic heterocycles. The Hall–Kier alpha value is -2.82. The van der Waals surface area contributed by atoms with Crippen LogP contribution in [0.5, 0.6) is 0 Å². The molecule has 0 saturated carbocycles. The molecule has 0 saturated heterocycles. The molecule has 0 fully saturated rings. The number of carboxylic acid groups (broad SMARTS) is 1. The summed E-state index contributed by atoms with van der Waals surface area (Å²) >= 11 is 0. The second-order valence-corrected chi connectivity index (χ2v) is 15.2. The summed E-state index contributed by atoms with van der Waals surface area (Å²) in [5.41, 5.74) is 5.32. The lowest BCUT2D eigenvalue weighted by atomic mass is 10.0. The van der Waals surface area contributed by atoms with Gasteiger partial charge in [0.05, 0.1) is 13.2 Å². The van der Waals surface area contributed by atoms with E-state index in [4.69, 9.17) is 24.8 Å². The van der Waals surface area contributed by atoms with Gasteiger partial charge in [0.2, 0.25) is 0 Å². The molecule has 55 heavy (non-hydrogen) atoms. The normalized spacial score (nSPS) is 14.4. The smallest absolute Gasteiger partial charge is 0.472 e. The van der Waals surface area contributed by atoms with Crippen molar-refractivity contribution < 1.29 is 47.5 Å². The summed E-state index contributed by atoms with van der Waals surface area (Å²) in [7, 11) is -4.73. The molecule has 0 aliphatic carbocycles. The van der Waals surface area contributed by atoms with Gasteiger partial charge in [-0.25, -0.2) is 4.57 Å². The number of carbonyl (C=O) groups is 3. The van der Waals surface area contributed by atoms with Crippen LogP contribution in [0.2, 0.25) is 0 Å². The number of allylic oxidation sites excluding steroid dienone is 10. The quantitative estimate of drug-likeness (QED) is 0.0235. The van der Waals surface area contributed by atoms with E-state index in [0.717, 1.165) is 44.9 Å². The zero-order valence-corrected chi connectivity index (χ0v) is 34.9. The third kappa shape index (κ3) is 37.9. The maximum Gasteiger partial charge on any atom is 0.472 e. The van der Waals surface area contributed by atoms with Gasteiger partial charge in [0, 0.05) is 12.8 Å². The molecular weight excluding hydrogens is 721 g/mol. The van der Waals surface area contributed by atoms with Crippen molar-refractivity contribution in [2.24, 2.45) is 5.73 Å². The molecule has 3 atom stereocenters. The van der Waals surface area contributed by atoms with Gasteiger partial charge in [-0.3, -0.25) is 23.4 Å². The van der Waals surface area contributed by atoms with Crippen LogP contribution in [0.3, 0.4) is 0 Å². The van der Waals surface area contributed by atoms with Crippen LogP contribution in [-0.4, -0.2) is 59.9 Å². The van der Waals surface area contributed by atoms with Crippen molar-refractivity contribution in [1.82, 2.24) is 0 Å². The first-order chi connectivity index (χ1) is 26.6. The Morgan fingerprint density at radius 3 is 1.51 bits per heavy atom. The van der Waals surface area contributed by atoms with Gasteiger partial charge in [0.1, 0.15) is 12.6 Å². The second-order valence-electron chi connectivity index (χ2n) is 13.8. The van der Waals surface area contributed by atoms with E-state index in [1.165, 1.54) is 77.0 Å². The highest BCUT2D eigenvalue weighted by Crippen LogP contribution is 2.43. The summed E-state index contributed by atoms with van der Waals surface area (Å²) in [6.45, 7) is 2.68. The molecule has 0 rings (SSSR count). The first-order valence-electron chi connectivity index (χ1n) is 20.8. The summed E-state index contributed by atoms with van der Waals surface area (Å²) in [4.78, 5) is 45.8. The molecule has 0 aromatic rings. The molecule has 0 heterocycles. The largest absolute Gasteiger partial charge is 0.480 e. The number of ether oxygens (including phenoxy) is 2. The van der Waals surface area contributed by atoms with E-state index in [-0.39, 0.29) is 19.4 Å². The fraction of sp³-hybridized carbons (Fsp3) is 0.698. The maximum atomic E-state index is 12.6. The minimum Gasteiger partial charge on any atom is -0.480 e. The number of esters is 2. The number of nitrogens with two attached hydrogens (primary N) is 1. The van der Waals surface area contributed by atoms with Crippen molar-refractivity contribution in [3.8, 4) is 0 Å². The van der Waals surface area contributed by atoms with Crippen molar-refractivity contribution in [2.45, 2.75) is 174 Å². The monoisotopic (exact) mass is 796 g/mol. The fourth-order valence-electron chi connectivity index (χ4n) is 5.22. The molecule has 0 aliphatic rings. The number of phosphoric ester groups is 1. The zero-order chi connectivity index (χ0) is 40.7. The molecule has 0 spiro atoms. The highest BCUT2D eigenvalue weighted by Gasteiger charge is 2.28. The van der Waals surface area contributed by atoms with E-state index >= 15 is 0 Å². The van der Waals surface area contributed by atoms with Gasteiger partial charge < -0.3 is 25.2 Å². The summed E-state index contributed by atoms with van der Waals surface area (Å²) in [6, 6.07) is -1.53. The van der Waals surface area contributed by atoms with Crippen molar-refractivity contribution >= 4 is 25.7 Å². The van der Waals surface area contributed by atoms with E-state index in [9.17, 15) is 23.8 Å². The van der Waals surface area contributed by atoms with Gasteiger partial charge in [-0.05, 0) is 51.4 Å². The summed E-state index contributed by atoms with van der Waals surface area (Å²) in [5, 5.41) is 8.87. The molecule has 0 bridgehead atoms. The van der Waals surface area contributed by atoms with Gasteiger partial charge in [0.25, 0.3) is 0 Å². The maximum absolute atomic E-state index is 12.6. The van der Waals surface area contributed by atoms with Crippen LogP contribution in [0.4, 0.5) is 0 Å². The van der Waals surface area contributed by atoms with Gasteiger partial charge >= 0.3 is 25.7 Å². The van der Waals surface area contributed by atoms with Gasteiger partial charge in [-0.2, -0.15) is 0 Å². The third-order valence-corrected chi connectivity index (χ3v) is 9.48. The highest BCUT2D eigenvalue weighted by molar-refractivity contribution is 7.47. The van der Waals surface area contributed by atoms with Crippen LogP contribution in [0.25, 0.3) is 0 Å². The topological polar surface area (TPSA) is 172 Å². The number of aliphatic carboxylic acids is 1. The molecule has 0 radical (unpaired) electrons. The minimum absolute atomic E-state index is 0.0974. The lowest BCUT2D eigenvalue weighted by molar-refractivity contribution is -0.161. The van der Waals surface area contributed by atoms with Crippen molar-refractivity contribution in [3.05, 3.63) is 60.8 Å². The Kier molecular flexibility index (Phi) is 36.1. The Labute approximate surface area is 332 Å². The lowest BCUT2D eigenvalue weighted by Crippen LogP contribution is -2.34. The molecule has 4 N–H and O–H groups in total. The molecule has 11 nitrogen and oxygen atoms in total. The number of carboxylic acids is 1. The number of hydrogen-bond donors (Lipinski definition) is 3. The first-order valence-corrected chi connectivity index (χ1v) is 22.3. The van der Waals surface area contributed by atoms with Gasteiger partial charge in [0.15, 0.2) is 6.10 Å². The second kappa shape index (κ2) is 38.1. The molecule has 0 aromatic heterocycles. The molecule has 12 heteroatoms. The van der Waals surface area contributed by atoms with Crippen molar-refractivity contribution in [3.63, 3.8) is 0 Å². The van der Waals surface area contributed by atoms with E-state index in [2.05, 4.69) is 67.0 Å². The van der Waals surface area contributed by atoms with E-state index in [1.54, 1.807) is 0 Å². The lowest BCUT2D eigenvalue weighted by Gasteiger charge is -2.20. The Balaban J connectivity index is 4.50. The van der Waals surface area contributed by atoms with Crippen LogP contribution in [-0.2, 0) is 37.5 Å². The Morgan fingerprint density at radius 2 is 1.00 bits per heavy atom. The third-order valence-electron chi connectivity index (χ3n) is 8.53. The van der Waals surface area contributed by atoms with Gasteiger partial charge in [-0.15, -0.1) is 0 Å². The summed E-state index contributed by atoms with van der Waals surface area (Å²) in [6.07, 6.45) is 43.0. The van der Waals surface area contributed by atoms with E-state index in [1.807, 2.05) is 12.2 Å². The summed E-state index contributed by atoms with van der Waals surface area (Å²) < 4.78 is 32.5. The number of rotatable bonds is 38. The van der Waals surface area contributed by atoms with Crippen molar-refractivity contribution in [1.29, 1.82) is 0 Å². The van der Waals surface area contributed by atoms with Gasteiger partial charge in [-0.1, -0.05) is 158 Å². The SMILES string of the molecule is CCCCC/C=C\C/C=C\C/C=C\C/C=C\C/C=C\CCC(=O)OC[C@H](COP(=O)(O)OC[C@H](N)C(=O)O)OC(=O)CCCCCCCCCCCCCC. The van der Waals surface area contributed by atoms with E-state index in [0.29, 0.717) is 12.8 Å². The van der Waals surface area contributed by atoms with Crippen LogP contribution in [0.15, 0.2) is 60.8 Å². The van der Waals surface area contributed by atoms with Crippen molar-refractivity contribution in [2.75, 3.05) is 19.8 Å². The predicted octanol–water partition coefficient (Wildman–Crippen LogP) is 10.8. The average Bonchev–Trinajstić information content (AvgIpc) is 3.16. The standard InChI is InChI=1S/C43H74NO10P/c1-3-5-7-9-11-13-15-17-18-19-20-21-22-23-25-26-28-30-32-34-41(45)51-36-39(37-52-55(49,50)53-38-40(44)43(47)48)54-42(46)35-33-31-29-27-24-16-14-12-10-8-6-4-2/h11,13,17-18,20-21,23,25,28,30,39-40H,3-10,12,14-16,19,22,24,26-27,29,31-38,44H2,1-2H3,(H,47,48)(H,49,50)/b13-11-,18-17-,21-20-,25-23-,30-28-/t39-,40+/m1/s1. The molecule has 1 unspecified atom stereocenters. The average molecular weight is 796 g/mol. The fourth-order valence-corrected chi connectivity index (χ4v) is 6.00. The highest BCUT2D eigenvalue weighted by atomic mass is 31.2. The Morgan fingerprint density at radius 1 is 0.564 bits per heavy atom.